The van der Waals surface area contributed by atoms with E-state index in [2.05, 4.69) is 40.8 Å². The molecule has 1 rings (SSSR count). The van der Waals surface area contributed by atoms with Crippen molar-refractivity contribution in [1.29, 1.82) is 0 Å². The Labute approximate surface area is 130 Å². The Morgan fingerprint density at radius 2 is 2.00 bits per heavy atom. The van der Waals surface area contributed by atoms with Crippen molar-refractivity contribution in [3.05, 3.63) is 0 Å². The van der Waals surface area contributed by atoms with Crippen LogP contribution in [0.15, 0.2) is 0 Å². The minimum Gasteiger partial charge on any atom is -0.481 e. The third kappa shape index (κ3) is 4.54. The summed E-state index contributed by atoms with van der Waals surface area (Å²) in [6, 6.07) is 0. The lowest BCUT2D eigenvalue weighted by atomic mass is 9.96. The predicted molar refractivity (Wildman–Crippen MR) is 87.0 cm³/mol. The molecule has 5 heteroatoms. The third-order valence-corrected chi connectivity index (χ3v) is 10.2. The molecule has 1 heterocycles. The van der Waals surface area contributed by atoms with E-state index < -0.39 is 14.3 Å². The molecular weight excluding hydrogens is 284 g/mol. The maximum atomic E-state index is 11.0. The third-order valence-electron chi connectivity index (χ3n) is 5.61. The Bertz CT molecular complexity index is 365. The van der Waals surface area contributed by atoms with Crippen molar-refractivity contribution in [2.24, 2.45) is 11.8 Å². The van der Waals surface area contributed by atoms with Gasteiger partial charge in [0.1, 0.15) is 0 Å². The molecule has 0 amide bonds. The van der Waals surface area contributed by atoms with Crippen molar-refractivity contribution >= 4 is 14.3 Å². The van der Waals surface area contributed by atoms with Gasteiger partial charge in [-0.1, -0.05) is 27.7 Å². The summed E-state index contributed by atoms with van der Waals surface area (Å²) in [7, 11) is -1.88. The largest absolute Gasteiger partial charge is 0.481 e. The van der Waals surface area contributed by atoms with E-state index >= 15 is 0 Å². The van der Waals surface area contributed by atoms with E-state index in [1.807, 2.05) is 6.92 Å². The SMILES string of the molecule is CC(C)C(C)(C)[Si](C)(C)OC[C@H]1O[C@@H](C)CC1CC(=O)O. The molecule has 21 heavy (non-hydrogen) atoms. The van der Waals surface area contributed by atoms with Gasteiger partial charge in [0.15, 0.2) is 8.32 Å². The van der Waals surface area contributed by atoms with Crippen molar-refractivity contribution < 1.29 is 19.1 Å². The molecule has 0 bridgehead atoms. The zero-order chi connectivity index (χ0) is 16.4. The maximum absolute atomic E-state index is 11.0. The summed E-state index contributed by atoms with van der Waals surface area (Å²) >= 11 is 0. The summed E-state index contributed by atoms with van der Waals surface area (Å²) < 4.78 is 12.2. The van der Waals surface area contributed by atoms with E-state index in [0.717, 1.165) is 6.42 Å². The average Bonchev–Trinajstić information content (AvgIpc) is 2.65. The molecule has 1 aliphatic heterocycles. The molecule has 0 aromatic heterocycles. The van der Waals surface area contributed by atoms with Crippen LogP contribution in [0.4, 0.5) is 0 Å². The molecule has 0 aromatic carbocycles. The minimum absolute atomic E-state index is 0.0736. The Balaban J connectivity index is 2.66. The van der Waals surface area contributed by atoms with Crippen LogP contribution in [0.5, 0.6) is 0 Å². The van der Waals surface area contributed by atoms with E-state index in [4.69, 9.17) is 14.3 Å². The Kier molecular flexibility index (Phi) is 6.04. The molecule has 3 atom stereocenters. The summed E-state index contributed by atoms with van der Waals surface area (Å²) in [4.78, 5) is 11.0. The van der Waals surface area contributed by atoms with E-state index in [1.54, 1.807) is 0 Å². The molecule has 0 radical (unpaired) electrons. The molecule has 1 saturated heterocycles. The number of ether oxygens (including phenoxy) is 1. The lowest BCUT2D eigenvalue weighted by Crippen LogP contribution is -2.47. The van der Waals surface area contributed by atoms with Crippen molar-refractivity contribution in [3.63, 3.8) is 0 Å². The van der Waals surface area contributed by atoms with E-state index in [1.165, 1.54) is 0 Å². The molecule has 4 nitrogen and oxygen atoms in total. The van der Waals surface area contributed by atoms with Crippen LogP contribution in [-0.2, 0) is 14.0 Å². The zero-order valence-electron chi connectivity index (χ0n) is 14.6. The van der Waals surface area contributed by atoms with Crippen LogP contribution in [-0.4, -0.2) is 38.2 Å². The van der Waals surface area contributed by atoms with Crippen LogP contribution in [0.2, 0.25) is 18.1 Å². The van der Waals surface area contributed by atoms with Crippen LogP contribution in [0.25, 0.3) is 0 Å². The van der Waals surface area contributed by atoms with E-state index in [-0.39, 0.29) is 29.6 Å². The van der Waals surface area contributed by atoms with Crippen LogP contribution < -0.4 is 0 Å². The normalized spacial score (nSPS) is 27.3. The lowest BCUT2D eigenvalue weighted by molar-refractivity contribution is -0.138. The second-order valence-corrected chi connectivity index (χ2v) is 12.4. The van der Waals surface area contributed by atoms with Gasteiger partial charge >= 0.3 is 5.97 Å². The lowest BCUT2D eigenvalue weighted by Gasteiger charge is -2.43. The molecule has 0 spiro atoms. The molecular formula is C16H32O4Si. The summed E-state index contributed by atoms with van der Waals surface area (Å²) in [5.41, 5.74) is 0. The first kappa shape index (κ1) is 18.7. The van der Waals surface area contributed by atoms with Gasteiger partial charge in [0.2, 0.25) is 0 Å². The van der Waals surface area contributed by atoms with Crippen molar-refractivity contribution in [2.75, 3.05) is 6.61 Å². The second-order valence-electron chi connectivity index (χ2n) is 7.78. The molecule has 1 aliphatic rings. The van der Waals surface area contributed by atoms with E-state index in [0.29, 0.717) is 12.5 Å². The molecule has 1 unspecified atom stereocenters. The maximum Gasteiger partial charge on any atom is 0.303 e. The summed E-state index contributed by atoms with van der Waals surface area (Å²) in [6.45, 7) is 16.1. The fourth-order valence-corrected chi connectivity index (χ4v) is 5.17. The fraction of sp³-hybridized carbons (Fsp3) is 0.938. The highest BCUT2D eigenvalue weighted by Crippen LogP contribution is 2.45. The number of aliphatic carboxylic acids is 1. The summed E-state index contributed by atoms with van der Waals surface area (Å²) in [5.74, 6) is -0.122. The number of carboxylic acids is 1. The van der Waals surface area contributed by atoms with Crippen molar-refractivity contribution in [1.82, 2.24) is 0 Å². The Morgan fingerprint density at radius 1 is 1.43 bits per heavy atom. The van der Waals surface area contributed by atoms with E-state index in [9.17, 15) is 4.79 Å². The van der Waals surface area contributed by atoms with Crippen LogP contribution in [0.3, 0.4) is 0 Å². The van der Waals surface area contributed by atoms with Gasteiger partial charge in [-0.05, 0) is 37.4 Å². The molecule has 0 aliphatic carbocycles. The van der Waals surface area contributed by atoms with Gasteiger partial charge < -0.3 is 14.3 Å². The number of carbonyl (C=O) groups is 1. The highest BCUT2D eigenvalue weighted by Gasteiger charge is 2.44. The minimum atomic E-state index is -1.88. The van der Waals surface area contributed by atoms with Crippen LogP contribution in [0, 0.1) is 11.8 Å². The molecule has 1 N–H and O–H groups in total. The fourth-order valence-electron chi connectivity index (χ4n) is 2.83. The van der Waals surface area contributed by atoms with Gasteiger partial charge in [-0.2, -0.15) is 0 Å². The number of carboxylic acid groups (broad SMARTS) is 1. The Morgan fingerprint density at radius 3 is 2.48 bits per heavy atom. The smallest absolute Gasteiger partial charge is 0.303 e. The summed E-state index contributed by atoms with van der Waals surface area (Å²) in [6.07, 6.45) is 1.04. The first-order valence-corrected chi connectivity index (χ1v) is 10.9. The molecule has 0 aromatic rings. The topological polar surface area (TPSA) is 55.8 Å². The Hall–Kier alpha value is -0.393. The highest BCUT2D eigenvalue weighted by atomic mass is 28.4. The molecule has 124 valence electrons. The monoisotopic (exact) mass is 316 g/mol. The zero-order valence-corrected chi connectivity index (χ0v) is 15.6. The first-order valence-electron chi connectivity index (χ1n) is 7.98. The quantitative estimate of drug-likeness (QED) is 0.723. The number of rotatable bonds is 7. The van der Waals surface area contributed by atoms with Gasteiger partial charge in [-0.15, -0.1) is 0 Å². The summed E-state index contributed by atoms with van der Waals surface area (Å²) in [5, 5.41) is 9.19. The van der Waals surface area contributed by atoms with Crippen molar-refractivity contribution in [2.45, 2.75) is 77.8 Å². The van der Waals surface area contributed by atoms with Gasteiger partial charge in [-0.25, -0.2) is 0 Å². The highest BCUT2D eigenvalue weighted by molar-refractivity contribution is 6.74. The average molecular weight is 317 g/mol. The molecule has 0 saturated carbocycles. The molecule has 1 fully saturated rings. The van der Waals surface area contributed by atoms with Gasteiger partial charge in [0, 0.05) is 5.92 Å². The van der Waals surface area contributed by atoms with Crippen LogP contribution in [0.1, 0.15) is 47.5 Å². The first-order chi connectivity index (χ1) is 9.47. The predicted octanol–water partition coefficient (Wildman–Crippen LogP) is 3.91. The number of hydrogen-bond donors (Lipinski definition) is 1. The van der Waals surface area contributed by atoms with Gasteiger partial charge in [0.05, 0.1) is 25.2 Å². The van der Waals surface area contributed by atoms with Crippen molar-refractivity contribution in [3.8, 4) is 0 Å². The number of hydrogen-bond acceptors (Lipinski definition) is 3. The van der Waals surface area contributed by atoms with Gasteiger partial charge in [0.25, 0.3) is 0 Å². The second kappa shape index (κ2) is 6.80. The van der Waals surface area contributed by atoms with Crippen LogP contribution >= 0.6 is 0 Å². The standard InChI is InChI=1S/C16H32O4Si/c1-11(2)16(4,5)21(6,7)19-10-14-13(9-15(17)18)8-12(3)20-14/h11-14H,8-10H2,1-7H3,(H,17,18)/t12-,13?,14+/m0/s1. The van der Waals surface area contributed by atoms with Gasteiger partial charge in [-0.3, -0.25) is 4.79 Å².